The van der Waals surface area contributed by atoms with E-state index in [1.165, 1.54) is 16.2 Å². The smallest absolute Gasteiger partial charge is 0.301 e. The molecular formula is C20H13ClN2O3S. The summed E-state index contributed by atoms with van der Waals surface area (Å²) in [4.78, 5) is 31.1. The average Bonchev–Trinajstić information content (AvgIpc) is 3.30. The van der Waals surface area contributed by atoms with Crippen LogP contribution in [0.5, 0.6) is 0 Å². The zero-order chi connectivity index (χ0) is 19.0. The molecule has 2 heterocycles. The van der Waals surface area contributed by atoms with Crippen LogP contribution in [0.2, 0.25) is 5.02 Å². The van der Waals surface area contributed by atoms with Gasteiger partial charge in [-0.3, -0.25) is 14.5 Å². The summed E-state index contributed by atoms with van der Waals surface area (Å²) in [5.74, 6) is -1.68. The summed E-state index contributed by atoms with van der Waals surface area (Å²) < 4.78 is 0. The Kier molecular flexibility index (Phi) is 4.51. The first-order chi connectivity index (χ1) is 13.1. The van der Waals surface area contributed by atoms with Crippen LogP contribution < -0.4 is 4.90 Å². The standard InChI is InChI=1S/C20H13ClN2O3S/c21-14-8-6-12(7-9-14)16-15(17(24)13-4-2-1-3-5-13)18(25)19(26)23(16)20-22-10-11-27-20/h1-11,16,24H/b17-15-. The fourth-order valence-corrected chi connectivity index (χ4v) is 3.87. The number of hydrogen-bond donors (Lipinski definition) is 1. The van der Waals surface area contributed by atoms with Gasteiger partial charge in [0.2, 0.25) is 0 Å². The summed E-state index contributed by atoms with van der Waals surface area (Å²) in [5.41, 5.74) is 1.16. The summed E-state index contributed by atoms with van der Waals surface area (Å²) in [6.45, 7) is 0. The van der Waals surface area contributed by atoms with Gasteiger partial charge in [0.1, 0.15) is 5.76 Å². The van der Waals surface area contributed by atoms with E-state index < -0.39 is 17.7 Å². The van der Waals surface area contributed by atoms with Gasteiger partial charge in [0, 0.05) is 22.2 Å². The normalized spacial score (nSPS) is 18.9. The Bertz CT molecular complexity index is 1030. The molecule has 1 aliphatic heterocycles. The largest absolute Gasteiger partial charge is 0.507 e. The van der Waals surface area contributed by atoms with Crippen LogP contribution in [0.3, 0.4) is 0 Å². The van der Waals surface area contributed by atoms with Gasteiger partial charge in [0.15, 0.2) is 5.13 Å². The van der Waals surface area contributed by atoms with E-state index >= 15 is 0 Å². The Morgan fingerprint density at radius 2 is 1.78 bits per heavy atom. The number of aliphatic hydroxyl groups is 1. The van der Waals surface area contributed by atoms with Crippen molar-refractivity contribution in [3.63, 3.8) is 0 Å². The molecule has 0 aliphatic carbocycles. The van der Waals surface area contributed by atoms with Gasteiger partial charge in [-0.05, 0) is 17.7 Å². The Morgan fingerprint density at radius 1 is 1.07 bits per heavy atom. The molecule has 1 saturated heterocycles. The van der Waals surface area contributed by atoms with Crippen molar-refractivity contribution < 1.29 is 14.7 Å². The maximum atomic E-state index is 12.8. The summed E-state index contributed by atoms with van der Waals surface area (Å²) in [5, 5.41) is 13.5. The van der Waals surface area contributed by atoms with Gasteiger partial charge < -0.3 is 5.11 Å². The summed E-state index contributed by atoms with van der Waals surface area (Å²) in [7, 11) is 0. The molecule has 1 fully saturated rings. The van der Waals surface area contributed by atoms with Crippen molar-refractivity contribution in [3.05, 3.63) is 87.9 Å². The van der Waals surface area contributed by atoms with Crippen molar-refractivity contribution in [2.75, 3.05) is 4.90 Å². The average molecular weight is 397 g/mol. The van der Waals surface area contributed by atoms with E-state index in [1.54, 1.807) is 60.1 Å². The van der Waals surface area contributed by atoms with Crippen LogP contribution in [-0.4, -0.2) is 21.8 Å². The quantitative estimate of drug-likeness (QED) is 0.404. The third-order valence-electron chi connectivity index (χ3n) is 4.30. The molecule has 1 N–H and O–H groups in total. The van der Waals surface area contributed by atoms with Gasteiger partial charge >= 0.3 is 5.91 Å². The number of nitrogens with zero attached hydrogens (tertiary/aromatic N) is 2. The van der Waals surface area contributed by atoms with Crippen molar-refractivity contribution in [1.82, 2.24) is 4.98 Å². The van der Waals surface area contributed by atoms with E-state index in [2.05, 4.69) is 4.98 Å². The number of carbonyl (C=O) groups excluding carboxylic acids is 2. The number of hydrogen-bond acceptors (Lipinski definition) is 5. The molecule has 1 aliphatic rings. The fourth-order valence-electron chi connectivity index (χ4n) is 3.08. The number of anilines is 1. The second kappa shape index (κ2) is 6.98. The minimum Gasteiger partial charge on any atom is -0.507 e. The van der Waals surface area contributed by atoms with Crippen LogP contribution >= 0.6 is 22.9 Å². The Hall–Kier alpha value is -2.96. The Balaban J connectivity index is 1.94. The summed E-state index contributed by atoms with van der Waals surface area (Å²) in [6.07, 6.45) is 1.56. The van der Waals surface area contributed by atoms with Crippen molar-refractivity contribution >= 4 is 45.5 Å². The number of thiazole rings is 1. The van der Waals surface area contributed by atoms with Gasteiger partial charge in [-0.15, -0.1) is 11.3 Å². The Morgan fingerprint density at radius 3 is 2.41 bits per heavy atom. The summed E-state index contributed by atoms with van der Waals surface area (Å²) >= 11 is 7.24. The molecule has 0 spiro atoms. The van der Waals surface area contributed by atoms with Gasteiger partial charge in [-0.25, -0.2) is 4.98 Å². The van der Waals surface area contributed by atoms with Crippen LogP contribution in [0, 0.1) is 0 Å². The molecule has 1 amide bonds. The van der Waals surface area contributed by atoms with E-state index in [-0.39, 0.29) is 11.3 Å². The van der Waals surface area contributed by atoms with Crippen LogP contribution in [0.15, 0.2) is 71.7 Å². The summed E-state index contributed by atoms with van der Waals surface area (Å²) in [6, 6.07) is 14.7. The van der Waals surface area contributed by atoms with E-state index in [9.17, 15) is 14.7 Å². The SMILES string of the molecule is O=C1C(=O)N(c2nccs2)C(c2ccc(Cl)cc2)/C1=C(/O)c1ccccc1. The molecule has 1 atom stereocenters. The predicted octanol–water partition coefficient (Wildman–Crippen LogP) is 4.42. The predicted molar refractivity (Wildman–Crippen MR) is 105 cm³/mol. The minimum atomic E-state index is -0.784. The molecule has 3 aromatic rings. The third-order valence-corrected chi connectivity index (χ3v) is 5.33. The Labute approximate surface area is 164 Å². The number of benzene rings is 2. The molecular weight excluding hydrogens is 384 g/mol. The number of amides is 1. The van der Waals surface area contributed by atoms with Crippen LogP contribution in [-0.2, 0) is 9.59 Å². The van der Waals surface area contributed by atoms with Crippen molar-refractivity contribution in [3.8, 4) is 0 Å². The van der Waals surface area contributed by atoms with Gasteiger partial charge in [0.05, 0.1) is 11.6 Å². The lowest BCUT2D eigenvalue weighted by Gasteiger charge is -2.23. The highest BCUT2D eigenvalue weighted by molar-refractivity contribution is 7.14. The first kappa shape index (κ1) is 17.5. The molecule has 4 rings (SSSR count). The first-order valence-electron chi connectivity index (χ1n) is 8.09. The second-order valence-electron chi connectivity index (χ2n) is 5.90. The zero-order valence-electron chi connectivity index (χ0n) is 13.9. The molecule has 2 aromatic carbocycles. The lowest BCUT2D eigenvalue weighted by Crippen LogP contribution is -2.29. The monoisotopic (exact) mass is 396 g/mol. The van der Waals surface area contributed by atoms with E-state index in [1.807, 2.05) is 6.07 Å². The van der Waals surface area contributed by atoms with Crippen LogP contribution in [0.25, 0.3) is 5.76 Å². The van der Waals surface area contributed by atoms with Crippen molar-refractivity contribution in [1.29, 1.82) is 0 Å². The molecule has 5 nitrogen and oxygen atoms in total. The molecule has 0 saturated carbocycles. The number of aliphatic hydroxyl groups excluding tert-OH is 1. The number of carbonyl (C=O) groups is 2. The number of aromatic nitrogens is 1. The minimum absolute atomic E-state index is 0.0312. The first-order valence-corrected chi connectivity index (χ1v) is 9.35. The number of ketones is 1. The molecule has 0 bridgehead atoms. The zero-order valence-corrected chi connectivity index (χ0v) is 15.4. The van der Waals surface area contributed by atoms with E-state index in [4.69, 9.17) is 11.6 Å². The lowest BCUT2D eigenvalue weighted by atomic mass is 9.95. The highest BCUT2D eigenvalue weighted by Crippen LogP contribution is 2.42. The fraction of sp³-hybridized carbons (Fsp3) is 0.0500. The highest BCUT2D eigenvalue weighted by Gasteiger charge is 2.47. The molecule has 1 unspecified atom stereocenters. The molecule has 7 heteroatoms. The number of rotatable bonds is 3. The second-order valence-corrected chi connectivity index (χ2v) is 7.21. The maximum Gasteiger partial charge on any atom is 0.301 e. The van der Waals surface area contributed by atoms with Gasteiger partial charge in [-0.1, -0.05) is 54.1 Å². The van der Waals surface area contributed by atoms with E-state index in [0.29, 0.717) is 21.3 Å². The number of halogens is 1. The molecule has 134 valence electrons. The highest BCUT2D eigenvalue weighted by atomic mass is 35.5. The van der Waals surface area contributed by atoms with Crippen molar-refractivity contribution in [2.24, 2.45) is 0 Å². The van der Waals surface area contributed by atoms with Crippen LogP contribution in [0.1, 0.15) is 17.2 Å². The van der Waals surface area contributed by atoms with Gasteiger partial charge in [-0.2, -0.15) is 0 Å². The van der Waals surface area contributed by atoms with Crippen LogP contribution in [0.4, 0.5) is 5.13 Å². The van der Waals surface area contributed by atoms with Gasteiger partial charge in [0.25, 0.3) is 5.78 Å². The maximum absolute atomic E-state index is 12.8. The van der Waals surface area contributed by atoms with Crippen molar-refractivity contribution in [2.45, 2.75) is 6.04 Å². The topological polar surface area (TPSA) is 70.5 Å². The lowest BCUT2D eigenvalue weighted by molar-refractivity contribution is -0.132. The van der Waals surface area contributed by atoms with E-state index in [0.717, 1.165) is 0 Å². The molecule has 27 heavy (non-hydrogen) atoms. The molecule has 1 aromatic heterocycles. The number of Topliss-reactive ketones (excluding diaryl/α,β-unsaturated/α-hetero) is 1. The third kappa shape index (κ3) is 3.03. The molecule has 0 radical (unpaired) electrons.